The van der Waals surface area contributed by atoms with Crippen LogP contribution in [0.5, 0.6) is 0 Å². The highest BCUT2D eigenvalue weighted by Gasteiger charge is 2.35. The minimum atomic E-state index is -4.48. The van der Waals surface area contributed by atoms with Gasteiger partial charge in [-0.2, -0.15) is 13.2 Å². The third-order valence-corrected chi connectivity index (χ3v) is 4.78. The second-order valence-electron chi connectivity index (χ2n) is 6.15. The lowest BCUT2D eigenvalue weighted by atomic mass is 10.1. The van der Waals surface area contributed by atoms with Crippen molar-refractivity contribution in [1.82, 2.24) is 0 Å². The van der Waals surface area contributed by atoms with E-state index >= 15 is 0 Å². The van der Waals surface area contributed by atoms with Gasteiger partial charge in [0.2, 0.25) is 0 Å². The van der Waals surface area contributed by atoms with Crippen LogP contribution < -0.4 is 4.90 Å². The summed E-state index contributed by atoms with van der Waals surface area (Å²) in [7, 11) is 0. The Hall–Kier alpha value is -2.93. The number of hydrogen-bond donors (Lipinski definition) is 0. The maximum absolute atomic E-state index is 13.1. The van der Waals surface area contributed by atoms with Crippen LogP contribution >= 0.6 is 15.9 Å². The largest absolute Gasteiger partial charge is 0.416 e. The highest BCUT2D eigenvalue weighted by atomic mass is 79.9. The van der Waals surface area contributed by atoms with Gasteiger partial charge < -0.3 is 0 Å². The first-order chi connectivity index (χ1) is 13.3. The molecule has 0 N–H and O–H groups in total. The van der Waals surface area contributed by atoms with Crippen LogP contribution in [-0.2, 0) is 11.0 Å². The lowest BCUT2D eigenvalue weighted by Crippen LogP contribution is -2.25. The molecule has 0 radical (unpaired) electrons. The Bertz CT molecular complexity index is 1090. The van der Waals surface area contributed by atoms with E-state index in [1.807, 2.05) is 18.2 Å². The summed E-state index contributed by atoms with van der Waals surface area (Å²) >= 11 is 3.38. The van der Waals surface area contributed by atoms with Gasteiger partial charge in [-0.15, -0.1) is 0 Å². The van der Waals surface area contributed by atoms with Gasteiger partial charge in [0.1, 0.15) is 5.71 Å². The molecular formula is C21H12BrF3N2O. The van der Waals surface area contributed by atoms with Crippen LogP contribution in [0, 0.1) is 0 Å². The predicted molar refractivity (Wildman–Crippen MR) is 105 cm³/mol. The molecular weight excluding hydrogens is 433 g/mol. The third-order valence-electron chi connectivity index (χ3n) is 4.29. The van der Waals surface area contributed by atoms with Crippen LogP contribution in [0.1, 0.15) is 11.1 Å². The number of benzene rings is 3. The molecule has 0 atom stereocenters. The van der Waals surface area contributed by atoms with E-state index in [2.05, 4.69) is 20.9 Å². The first-order valence-corrected chi connectivity index (χ1v) is 9.09. The number of halogens is 4. The summed E-state index contributed by atoms with van der Waals surface area (Å²) in [6.07, 6.45) is -4.48. The zero-order chi connectivity index (χ0) is 19.9. The SMILES string of the molecule is O=C1C(=Nc2cccc(C(F)(F)F)c2)c2cc(Br)ccc2N1c1ccccc1. The number of carbonyl (C=O) groups excluding carboxylic acids is 1. The molecule has 3 aromatic rings. The molecule has 3 aromatic carbocycles. The van der Waals surface area contributed by atoms with E-state index in [4.69, 9.17) is 0 Å². The number of fused-ring (bicyclic) bond motifs is 1. The average Bonchev–Trinajstić information content (AvgIpc) is 2.93. The monoisotopic (exact) mass is 444 g/mol. The van der Waals surface area contributed by atoms with Crippen molar-refractivity contribution in [2.45, 2.75) is 6.18 Å². The molecule has 0 fully saturated rings. The number of carbonyl (C=O) groups is 1. The standard InChI is InChI=1S/C21H12BrF3N2O/c22-14-9-10-18-17(12-14)19(20(28)27(18)16-7-2-1-3-8-16)26-15-6-4-5-13(11-15)21(23,24)25/h1-12H. The fraction of sp³-hybridized carbons (Fsp3) is 0.0476. The summed E-state index contributed by atoms with van der Waals surface area (Å²) in [6.45, 7) is 0. The highest BCUT2D eigenvalue weighted by Crippen LogP contribution is 2.38. The molecule has 0 aromatic heterocycles. The number of nitrogens with zero attached hydrogens (tertiary/aromatic N) is 2. The number of anilines is 2. The maximum atomic E-state index is 13.1. The van der Waals surface area contributed by atoms with Crippen molar-refractivity contribution in [1.29, 1.82) is 0 Å². The van der Waals surface area contributed by atoms with Gasteiger partial charge in [-0.25, -0.2) is 4.99 Å². The van der Waals surface area contributed by atoms with E-state index in [0.717, 1.165) is 16.6 Å². The fourth-order valence-corrected chi connectivity index (χ4v) is 3.41. The summed E-state index contributed by atoms with van der Waals surface area (Å²) < 4.78 is 39.8. The van der Waals surface area contributed by atoms with Gasteiger partial charge >= 0.3 is 6.18 Å². The summed E-state index contributed by atoms with van der Waals surface area (Å²) in [5, 5.41) is 0. The normalized spacial score (nSPS) is 15.2. The zero-order valence-corrected chi connectivity index (χ0v) is 15.8. The molecule has 140 valence electrons. The van der Waals surface area contributed by atoms with Gasteiger partial charge in [-0.1, -0.05) is 40.2 Å². The first kappa shape index (κ1) is 18.4. The Balaban J connectivity index is 1.86. The molecule has 4 rings (SSSR count). The van der Waals surface area contributed by atoms with Crippen molar-refractivity contribution < 1.29 is 18.0 Å². The molecule has 1 heterocycles. The average molecular weight is 445 g/mol. The van der Waals surface area contributed by atoms with Gasteiger partial charge in [0.25, 0.3) is 5.91 Å². The second-order valence-corrected chi connectivity index (χ2v) is 7.06. The summed E-state index contributed by atoms with van der Waals surface area (Å²) in [6, 6.07) is 19.0. The van der Waals surface area contributed by atoms with Crippen LogP contribution in [0.3, 0.4) is 0 Å². The Kier molecular flexibility index (Phi) is 4.55. The van der Waals surface area contributed by atoms with E-state index in [0.29, 0.717) is 16.9 Å². The van der Waals surface area contributed by atoms with Crippen LogP contribution in [0.25, 0.3) is 0 Å². The van der Waals surface area contributed by atoms with Crippen molar-refractivity contribution in [3.05, 3.63) is 88.4 Å². The van der Waals surface area contributed by atoms with Gasteiger partial charge in [-0.05, 0) is 48.5 Å². The quantitative estimate of drug-likeness (QED) is 0.458. The van der Waals surface area contributed by atoms with Gasteiger partial charge in [0.05, 0.1) is 16.9 Å². The number of para-hydroxylation sites is 1. The topological polar surface area (TPSA) is 32.7 Å². The molecule has 0 saturated carbocycles. The van der Waals surface area contributed by atoms with Crippen LogP contribution in [0.2, 0.25) is 0 Å². The molecule has 0 saturated heterocycles. The zero-order valence-electron chi connectivity index (χ0n) is 14.2. The molecule has 3 nitrogen and oxygen atoms in total. The van der Waals surface area contributed by atoms with E-state index in [1.54, 1.807) is 30.3 Å². The van der Waals surface area contributed by atoms with Gasteiger partial charge in [-0.3, -0.25) is 9.69 Å². The number of hydrogen-bond acceptors (Lipinski definition) is 2. The second kappa shape index (κ2) is 6.91. The van der Waals surface area contributed by atoms with E-state index < -0.39 is 17.6 Å². The molecule has 0 spiro atoms. The number of rotatable bonds is 2. The van der Waals surface area contributed by atoms with E-state index in [1.165, 1.54) is 17.0 Å². The third kappa shape index (κ3) is 3.33. The lowest BCUT2D eigenvalue weighted by molar-refractivity contribution is -0.137. The highest BCUT2D eigenvalue weighted by molar-refractivity contribution is 9.10. The van der Waals surface area contributed by atoms with Crippen LogP contribution in [0.15, 0.2) is 82.3 Å². The van der Waals surface area contributed by atoms with Gasteiger partial charge in [0, 0.05) is 15.7 Å². The van der Waals surface area contributed by atoms with Gasteiger partial charge in [0.15, 0.2) is 0 Å². The van der Waals surface area contributed by atoms with E-state index in [-0.39, 0.29) is 11.4 Å². The molecule has 0 aliphatic carbocycles. The van der Waals surface area contributed by atoms with Crippen molar-refractivity contribution in [3.8, 4) is 0 Å². The van der Waals surface area contributed by atoms with E-state index in [9.17, 15) is 18.0 Å². The predicted octanol–water partition coefficient (Wildman–Crippen LogP) is 6.27. The fourth-order valence-electron chi connectivity index (χ4n) is 3.05. The maximum Gasteiger partial charge on any atom is 0.416 e. The lowest BCUT2D eigenvalue weighted by Gasteiger charge is -2.16. The first-order valence-electron chi connectivity index (χ1n) is 8.30. The molecule has 7 heteroatoms. The molecule has 0 unspecified atom stereocenters. The van der Waals surface area contributed by atoms with Crippen molar-refractivity contribution >= 4 is 44.6 Å². The minimum Gasteiger partial charge on any atom is -0.275 e. The van der Waals surface area contributed by atoms with Crippen LogP contribution in [0.4, 0.5) is 30.2 Å². The molecule has 0 bridgehead atoms. The van der Waals surface area contributed by atoms with Crippen LogP contribution in [-0.4, -0.2) is 11.6 Å². The number of amides is 1. The van der Waals surface area contributed by atoms with Crippen molar-refractivity contribution in [2.75, 3.05) is 4.90 Å². The minimum absolute atomic E-state index is 0.0685. The van der Waals surface area contributed by atoms with Crippen molar-refractivity contribution in [2.24, 2.45) is 4.99 Å². The number of aliphatic imine (C=N–C) groups is 1. The number of alkyl halides is 3. The smallest absolute Gasteiger partial charge is 0.275 e. The van der Waals surface area contributed by atoms with Crippen molar-refractivity contribution in [3.63, 3.8) is 0 Å². The molecule has 1 aliphatic heterocycles. The Labute approximate surface area is 167 Å². The Morgan fingerprint density at radius 2 is 1.64 bits per heavy atom. The Morgan fingerprint density at radius 1 is 0.893 bits per heavy atom. The molecule has 1 amide bonds. The molecule has 1 aliphatic rings. The summed E-state index contributed by atoms with van der Waals surface area (Å²) in [5.74, 6) is -0.392. The Morgan fingerprint density at radius 3 is 2.36 bits per heavy atom. The molecule has 28 heavy (non-hydrogen) atoms. The summed E-state index contributed by atoms with van der Waals surface area (Å²) in [4.78, 5) is 18.9. The summed E-state index contributed by atoms with van der Waals surface area (Å²) in [5.41, 5.74) is 1.20.